The highest BCUT2D eigenvalue weighted by Crippen LogP contribution is 2.26. The molecule has 7 nitrogen and oxygen atoms in total. The standard InChI is InChI=1S/C19H16N4O3/c1-13-18(25)22(19(26)23(13)15-7-3-2-4-8-15)12-14-11-17(24)21-10-6-5-9-16(21)20-14/h2-11,13H,12H2,1H3/t13-/m1/s1. The van der Waals surface area contributed by atoms with Gasteiger partial charge in [0.05, 0.1) is 12.2 Å². The fourth-order valence-corrected chi connectivity index (χ4v) is 3.14. The van der Waals surface area contributed by atoms with E-state index >= 15 is 0 Å². The lowest BCUT2D eigenvalue weighted by Crippen LogP contribution is -2.34. The summed E-state index contributed by atoms with van der Waals surface area (Å²) < 4.78 is 1.41. The van der Waals surface area contributed by atoms with Crippen molar-refractivity contribution in [3.8, 4) is 0 Å². The van der Waals surface area contributed by atoms with Gasteiger partial charge in [0.25, 0.3) is 11.5 Å². The maximum absolute atomic E-state index is 12.8. The van der Waals surface area contributed by atoms with Crippen molar-refractivity contribution in [2.24, 2.45) is 0 Å². The summed E-state index contributed by atoms with van der Waals surface area (Å²) in [6.07, 6.45) is 1.62. The molecule has 0 radical (unpaired) electrons. The van der Waals surface area contributed by atoms with Gasteiger partial charge in [-0.3, -0.25) is 23.8 Å². The highest BCUT2D eigenvalue weighted by atomic mass is 16.2. The van der Waals surface area contributed by atoms with Gasteiger partial charge in [-0.05, 0) is 31.2 Å². The Kier molecular flexibility index (Phi) is 3.76. The molecule has 1 atom stereocenters. The summed E-state index contributed by atoms with van der Waals surface area (Å²) in [5.74, 6) is -0.311. The molecule has 0 unspecified atom stereocenters. The van der Waals surface area contributed by atoms with Gasteiger partial charge in [0, 0.05) is 18.0 Å². The van der Waals surface area contributed by atoms with Crippen LogP contribution in [0.4, 0.5) is 10.5 Å². The minimum Gasteiger partial charge on any atom is -0.282 e. The molecule has 0 spiro atoms. The lowest BCUT2D eigenvalue weighted by atomic mass is 10.2. The second-order valence-electron chi connectivity index (χ2n) is 6.10. The Morgan fingerprint density at radius 2 is 1.73 bits per heavy atom. The number of rotatable bonds is 3. The molecular formula is C19H16N4O3. The number of carbonyl (C=O) groups is 2. The third-order valence-electron chi connectivity index (χ3n) is 4.43. The third kappa shape index (κ3) is 2.54. The van der Waals surface area contributed by atoms with Crippen molar-refractivity contribution < 1.29 is 9.59 Å². The number of para-hydroxylation sites is 1. The molecule has 0 saturated carbocycles. The number of hydrogen-bond donors (Lipinski definition) is 0. The van der Waals surface area contributed by atoms with Crippen LogP contribution in [-0.4, -0.2) is 32.3 Å². The molecule has 26 heavy (non-hydrogen) atoms. The number of anilines is 1. The first-order valence-electron chi connectivity index (χ1n) is 8.23. The van der Waals surface area contributed by atoms with Crippen LogP contribution < -0.4 is 10.5 Å². The normalized spacial score (nSPS) is 17.3. The average molecular weight is 348 g/mol. The molecule has 130 valence electrons. The molecule has 1 saturated heterocycles. The zero-order valence-corrected chi connectivity index (χ0v) is 14.1. The SMILES string of the molecule is C[C@@H]1C(=O)N(Cc2cc(=O)n3ccccc3n2)C(=O)N1c1ccccc1. The number of amides is 3. The topological polar surface area (TPSA) is 75.0 Å². The van der Waals surface area contributed by atoms with E-state index in [1.165, 1.54) is 15.4 Å². The molecule has 0 aliphatic carbocycles. The molecular weight excluding hydrogens is 332 g/mol. The summed E-state index contributed by atoms with van der Waals surface area (Å²) in [6.45, 7) is 1.65. The minimum atomic E-state index is -0.605. The van der Waals surface area contributed by atoms with Crippen molar-refractivity contribution in [2.45, 2.75) is 19.5 Å². The van der Waals surface area contributed by atoms with E-state index in [0.29, 0.717) is 17.0 Å². The predicted octanol–water partition coefficient (Wildman–Crippen LogP) is 2.05. The Labute approximate surface area is 149 Å². The first-order chi connectivity index (χ1) is 12.6. The van der Waals surface area contributed by atoms with Crippen molar-refractivity contribution in [2.75, 3.05) is 4.90 Å². The van der Waals surface area contributed by atoms with E-state index in [-0.39, 0.29) is 18.0 Å². The fraction of sp³-hybridized carbons (Fsp3) is 0.158. The number of carbonyl (C=O) groups excluding carboxylic acids is 2. The van der Waals surface area contributed by atoms with E-state index in [1.807, 2.05) is 18.2 Å². The molecule has 4 rings (SSSR count). The summed E-state index contributed by atoms with van der Waals surface area (Å²) in [7, 11) is 0. The van der Waals surface area contributed by atoms with Gasteiger partial charge in [-0.15, -0.1) is 0 Å². The third-order valence-corrected chi connectivity index (χ3v) is 4.43. The Hall–Kier alpha value is -3.48. The van der Waals surface area contributed by atoms with Crippen LogP contribution in [0.1, 0.15) is 12.6 Å². The first-order valence-corrected chi connectivity index (χ1v) is 8.23. The molecule has 3 aromatic rings. The maximum atomic E-state index is 12.8. The highest BCUT2D eigenvalue weighted by Gasteiger charge is 2.43. The van der Waals surface area contributed by atoms with Gasteiger partial charge < -0.3 is 0 Å². The minimum absolute atomic E-state index is 0.0357. The van der Waals surface area contributed by atoms with Crippen molar-refractivity contribution in [3.05, 3.63) is 76.8 Å². The quantitative estimate of drug-likeness (QED) is 0.679. The van der Waals surface area contributed by atoms with Crippen molar-refractivity contribution in [3.63, 3.8) is 0 Å². The van der Waals surface area contributed by atoms with Crippen LogP contribution in [0.2, 0.25) is 0 Å². The first kappa shape index (κ1) is 16.0. The number of nitrogens with zero attached hydrogens (tertiary/aromatic N) is 4. The zero-order valence-electron chi connectivity index (χ0n) is 14.1. The Balaban J connectivity index is 1.67. The monoisotopic (exact) mass is 348 g/mol. The van der Waals surface area contributed by atoms with Crippen LogP contribution >= 0.6 is 0 Å². The summed E-state index contributed by atoms with van der Waals surface area (Å²) in [6, 6.07) is 14.6. The van der Waals surface area contributed by atoms with Crippen LogP contribution in [0.25, 0.3) is 5.65 Å². The van der Waals surface area contributed by atoms with Gasteiger partial charge in [0.2, 0.25) is 0 Å². The van der Waals surface area contributed by atoms with Gasteiger partial charge in [-0.25, -0.2) is 9.78 Å². The van der Waals surface area contributed by atoms with E-state index in [4.69, 9.17) is 0 Å². The second kappa shape index (κ2) is 6.11. The molecule has 1 fully saturated rings. The second-order valence-corrected chi connectivity index (χ2v) is 6.10. The Morgan fingerprint density at radius 1 is 1.00 bits per heavy atom. The molecule has 7 heteroatoms. The van der Waals surface area contributed by atoms with Crippen LogP contribution in [0.15, 0.2) is 65.6 Å². The van der Waals surface area contributed by atoms with E-state index in [9.17, 15) is 14.4 Å². The van der Waals surface area contributed by atoms with Crippen LogP contribution in [0.5, 0.6) is 0 Å². The molecule has 1 aliphatic heterocycles. The number of benzene rings is 1. The van der Waals surface area contributed by atoms with Gasteiger partial charge in [-0.2, -0.15) is 0 Å². The Morgan fingerprint density at radius 3 is 2.50 bits per heavy atom. The molecule has 1 aromatic carbocycles. The molecule has 2 aromatic heterocycles. The van der Waals surface area contributed by atoms with Gasteiger partial charge in [0.15, 0.2) is 0 Å². The van der Waals surface area contributed by atoms with E-state index in [2.05, 4.69) is 4.98 Å². The van der Waals surface area contributed by atoms with E-state index in [0.717, 1.165) is 4.90 Å². The molecule has 1 aliphatic rings. The number of imide groups is 1. The maximum Gasteiger partial charge on any atom is 0.332 e. The lowest BCUT2D eigenvalue weighted by Gasteiger charge is -2.19. The zero-order chi connectivity index (χ0) is 18.3. The van der Waals surface area contributed by atoms with Crippen molar-refractivity contribution >= 4 is 23.3 Å². The predicted molar refractivity (Wildman–Crippen MR) is 95.8 cm³/mol. The summed E-state index contributed by atoms with van der Waals surface area (Å²) in [4.78, 5) is 44.6. The number of aromatic nitrogens is 2. The molecule has 3 heterocycles. The summed E-state index contributed by atoms with van der Waals surface area (Å²) >= 11 is 0. The highest BCUT2D eigenvalue weighted by molar-refractivity contribution is 6.13. The number of pyridine rings is 1. The van der Waals surface area contributed by atoms with Gasteiger partial charge in [-0.1, -0.05) is 24.3 Å². The van der Waals surface area contributed by atoms with Crippen LogP contribution in [-0.2, 0) is 11.3 Å². The van der Waals surface area contributed by atoms with Gasteiger partial charge in [0.1, 0.15) is 11.7 Å². The number of fused-ring (bicyclic) bond motifs is 1. The molecule has 0 N–H and O–H groups in total. The van der Waals surface area contributed by atoms with Crippen LogP contribution in [0.3, 0.4) is 0 Å². The largest absolute Gasteiger partial charge is 0.332 e. The number of hydrogen-bond acceptors (Lipinski definition) is 4. The fourth-order valence-electron chi connectivity index (χ4n) is 3.14. The Bertz CT molecular complexity index is 1060. The van der Waals surface area contributed by atoms with E-state index in [1.54, 1.807) is 43.5 Å². The molecule has 0 bridgehead atoms. The molecule has 3 amide bonds. The van der Waals surface area contributed by atoms with E-state index < -0.39 is 12.1 Å². The van der Waals surface area contributed by atoms with Crippen LogP contribution in [0, 0.1) is 0 Å². The van der Waals surface area contributed by atoms with Crippen molar-refractivity contribution in [1.82, 2.24) is 14.3 Å². The van der Waals surface area contributed by atoms with Gasteiger partial charge >= 0.3 is 6.03 Å². The number of urea groups is 1. The van der Waals surface area contributed by atoms with Crippen molar-refractivity contribution in [1.29, 1.82) is 0 Å². The smallest absolute Gasteiger partial charge is 0.282 e. The lowest BCUT2D eigenvalue weighted by molar-refractivity contribution is -0.127. The summed E-state index contributed by atoms with van der Waals surface area (Å²) in [5.41, 5.74) is 1.26. The summed E-state index contributed by atoms with van der Waals surface area (Å²) in [5, 5.41) is 0. The average Bonchev–Trinajstić information content (AvgIpc) is 2.86.